The molecule has 164 valence electrons. The number of carbonyl (C=O) groups is 1. The van der Waals surface area contributed by atoms with E-state index in [1.807, 2.05) is 6.07 Å². The van der Waals surface area contributed by atoms with Gasteiger partial charge in [0, 0.05) is 7.05 Å². The van der Waals surface area contributed by atoms with E-state index in [0.717, 1.165) is 11.6 Å². The van der Waals surface area contributed by atoms with Gasteiger partial charge >= 0.3 is 12.1 Å². The topological polar surface area (TPSA) is 73.6 Å². The number of carboxylic acid groups (broad SMARTS) is 1. The van der Waals surface area contributed by atoms with Crippen molar-refractivity contribution in [3.63, 3.8) is 0 Å². The Morgan fingerprint density at radius 2 is 1.72 bits per heavy atom. The van der Waals surface area contributed by atoms with E-state index in [1.54, 1.807) is 36.1 Å². The summed E-state index contributed by atoms with van der Waals surface area (Å²) in [7, 11) is 1.76. The van der Waals surface area contributed by atoms with Crippen molar-refractivity contribution >= 4 is 16.9 Å². The first-order chi connectivity index (χ1) is 15.2. The van der Waals surface area contributed by atoms with E-state index in [9.17, 15) is 18.0 Å². The molecular formula is C23H17F3N2O4. The Labute approximate surface area is 180 Å². The minimum atomic E-state index is -4.70. The van der Waals surface area contributed by atoms with Gasteiger partial charge in [-0.3, -0.25) is 9.48 Å². The van der Waals surface area contributed by atoms with Crippen molar-refractivity contribution in [1.29, 1.82) is 0 Å². The van der Waals surface area contributed by atoms with Gasteiger partial charge in [0.25, 0.3) is 0 Å². The van der Waals surface area contributed by atoms with Crippen LogP contribution >= 0.6 is 0 Å². The molecule has 1 N–H and O–H groups in total. The number of aryl methyl sites for hydroxylation is 1. The van der Waals surface area contributed by atoms with Crippen LogP contribution in [0.3, 0.4) is 0 Å². The molecule has 1 aromatic heterocycles. The fourth-order valence-electron chi connectivity index (χ4n) is 3.27. The zero-order valence-corrected chi connectivity index (χ0v) is 16.8. The monoisotopic (exact) mass is 442 g/mol. The van der Waals surface area contributed by atoms with Gasteiger partial charge in [-0.1, -0.05) is 18.2 Å². The third-order valence-electron chi connectivity index (χ3n) is 4.72. The van der Waals surface area contributed by atoms with E-state index >= 15 is 0 Å². The SMILES string of the molecule is Cn1ncc2c(Oc3ccc(Oc4cccc(CC(=O)O)c4)c(C(F)(F)F)c3)cccc21. The maximum absolute atomic E-state index is 13.8. The molecule has 3 aromatic carbocycles. The maximum Gasteiger partial charge on any atom is 0.420 e. The van der Waals surface area contributed by atoms with E-state index in [2.05, 4.69) is 5.10 Å². The minimum absolute atomic E-state index is 0.0133. The summed E-state index contributed by atoms with van der Waals surface area (Å²) >= 11 is 0. The summed E-state index contributed by atoms with van der Waals surface area (Å²) < 4.78 is 54.1. The van der Waals surface area contributed by atoms with Gasteiger partial charge in [-0.25, -0.2) is 0 Å². The highest BCUT2D eigenvalue weighted by Crippen LogP contribution is 2.41. The van der Waals surface area contributed by atoms with Crippen LogP contribution in [-0.2, 0) is 24.4 Å². The Morgan fingerprint density at radius 1 is 1.00 bits per heavy atom. The Balaban J connectivity index is 1.66. The third kappa shape index (κ3) is 4.51. The molecule has 0 aliphatic rings. The van der Waals surface area contributed by atoms with Crippen LogP contribution in [0.2, 0.25) is 0 Å². The Hall–Kier alpha value is -4.01. The Bertz CT molecular complexity index is 1300. The minimum Gasteiger partial charge on any atom is -0.481 e. The van der Waals surface area contributed by atoms with Crippen molar-refractivity contribution in [3.8, 4) is 23.0 Å². The molecule has 0 spiro atoms. The normalized spacial score (nSPS) is 11.5. The first-order valence-electron chi connectivity index (χ1n) is 9.49. The number of rotatable bonds is 6. The molecule has 1 heterocycles. The fraction of sp³-hybridized carbons (Fsp3) is 0.130. The van der Waals surface area contributed by atoms with Crippen molar-refractivity contribution in [2.45, 2.75) is 12.6 Å². The number of benzene rings is 3. The Kier molecular flexibility index (Phi) is 5.48. The lowest BCUT2D eigenvalue weighted by atomic mass is 10.1. The lowest BCUT2D eigenvalue weighted by molar-refractivity contribution is -0.138. The van der Waals surface area contributed by atoms with Gasteiger partial charge in [0.15, 0.2) is 0 Å². The number of nitrogens with zero attached hydrogens (tertiary/aromatic N) is 2. The molecule has 0 saturated carbocycles. The fourth-order valence-corrected chi connectivity index (χ4v) is 3.27. The first-order valence-corrected chi connectivity index (χ1v) is 9.49. The number of aliphatic carboxylic acids is 1. The molecule has 0 atom stereocenters. The zero-order chi connectivity index (χ0) is 22.9. The molecule has 4 aromatic rings. The summed E-state index contributed by atoms with van der Waals surface area (Å²) in [5.74, 6) is -1.01. The quantitative estimate of drug-likeness (QED) is 0.408. The van der Waals surface area contributed by atoms with E-state index < -0.39 is 23.5 Å². The zero-order valence-electron chi connectivity index (χ0n) is 16.8. The van der Waals surface area contributed by atoms with Gasteiger partial charge in [-0.2, -0.15) is 18.3 Å². The number of carboxylic acids is 1. The third-order valence-corrected chi connectivity index (χ3v) is 4.72. The van der Waals surface area contributed by atoms with E-state index in [1.165, 1.54) is 30.3 Å². The van der Waals surface area contributed by atoms with Crippen molar-refractivity contribution < 1.29 is 32.5 Å². The van der Waals surface area contributed by atoms with Gasteiger partial charge in [0.2, 0.25) is 0 Å². The van der Waals surface area contributed by atoms with Gasteiger partial charge in [-0.15, -0.1) is 0 Å². The maximum atomic E-state index is 13.8. The number of hydrogen-bond acceptors (Lipinski definition) is 4. The number of ether oxygens (including phenoxy) is 2. The van der Waals surface area contributed by atoms with E-state index in [4.69, 9.17) is 14.6 Å². The van der Waals surface area contributed by atoms with Crippen molar-refractivity contribution in [3.05, 3.63) is 78.0 Å². The van der Waals surface area contributed by atoms with Crippen LogP contribution in [-0.4, -0.2) is 20.9 Å². The highest BCUT2D eigenvalue weighted by molar-refractivity contribution is 5.85. The molecular weight excluding hydrogens is 425 g/mol. The molecule has 0 saturated heterocycles. The summed E-state index contributed by atoms with van der Waals surface area (Å²) in [5.41, 5.74) is 0.171. The van der Waals surface area contributed by atoms with Gasteiger partial charge in [0.1, 0.15) is 28.6 Å². The molecule has 0 amide bonds. The van der Waals surface area contributed by atoms with Crippen LogP contribution in [0.5, 0.6) is 23.0 Å². The van der Waals surface area contributed by atoms with Crippen LogP contribution in [0.4, 0.5) is 13.2 Å². The number of alkyl halides is 3. The highest BCUT2D eigenvalue weighted by atomic mass is 19.4. The largest absolute Gasteiger partial charge is 0.481 e. The lowest BCUT2D eigenvalue weighted by Crippen LogP contribution is -2.07. The van der Waals surface area contributed by atoms with Crippen molar-refractivity contribution in [2.24, 2.45) is 7.05 Å². The molecule has 0 bridgehead atoms. The molecule has 0 fully saturated rings. The van der Waals surface area contributed by atoms with Gasteiger partial charge in [-0.05, 0) is 48.0 Å². The number of aromatic nitrogens is 2. The van der Waals surface area contributed by atoms with Crippen LogP contribution in [0.15, 0.2) is 66.9 Å². The van der Waals surface area contributed by atoms with Crippen molar-refractivity contribution in [1.82, 2.24) is 9.78 Å². The summed E-state index contributed by atoms with van der Waals surface area (Å²) in [4.78, 5) is 10.9. The second kappa shape index (κ2) is 8.26. The number of halogens is 3. The highest BCUT2D eigenvalue weighted by Gasteiger charge is 2.35. The molecule has 32 heavy (non-hydrogen) atoms. The van der Waals surface area contributed by atoms with Gasteiger partial charge < -0.3 is 14.6 Å². The Morgan fingerprint density at radius 3 is 2.47 bits per heavy atom. The lowest BCUT2D eigenvalue weighted by Gasteiger charge is -2.16. The van der Waals surface area contributed by atoms with Crippen molar-refractivity contribution in [2.75, 3.05) is 0 Å². The summed E-state index contributed by atoms with van der Waals surface area (Å²) in [6.07, 6.45) is -3.39. The van der Waals surface area contributed by atoms with Crippen LogP contribution in [0.25, 0.3) is 10.9 Å². The molecule has 4 rings (SSSR count). The molecule has 0 radical (unpaired) electrons. The number of fused-ring (bicyclic) bond motifs is 1. The van der Waals surface area contributed by atoms with Crippen LogP contribution in [0, 0.1) is 0 Å². The summed E-state index contributed by atoms with van der Waals surface area (Å²) in [6.45, 7) is 0. The predicted octanol–water partition coefficient (Wildman–Crippen LogP) is 5.80. The average molecular weight is 442 g/mol. The summed E-state index contributed by atoms with van der Waals surface area (Å²) in [6, 6.07) is 14.5. The van der Waals surface area contributed by atoms with E-state index in [0.29, 0.717) is 16.7 Å². The molecule has 0 aliphatic carbocycles. The predicted molar refractivity (Wildman–Crippen MR) is 110 cm³/mol. The van der Waals surface area contributed by atoms with Crippen LogP contribution < -0.4 is 9.47 Å². The van der Waals surface area contributed by atoms with E-state index in [-0.39, 0.29) is 17.9 Å². The first kappa shape index (κ1) is 21.2. The number of hydrogen-bond donors (Lipinski definition) is 1. The standard InChI is InChI=1S/C23H17F3N2O4/c1-28-19-6-3-7-20(17(19)13-27-28)31-16-8-9-21(18(12-16)23(24,25)26)32-15-5-2-4-14(10-15)11-22(29)30/h2-10,12-13H,11H2,1H3,(H,29,30). The molecule has 9 heteroatoms. The molecule has 0 unspecified atom stereocenters. The van der Waals surface area contributed by atoms with Gasteiger partial charge in [0.05, 0.1) is 23.5 Å². The van der Waals surface area contributed by atoms with Crippen LogP contribution in [0.1, 0.15) is 11.1 Å². The summed E-state index contributed by atoms with van der Waals surface area (Å²) in [5, 5.41) is 13.7. The average Bonchev–Trinajstić information content (AvgIpc) is 3.10. The molecule has 6 nitrogen and oxygen atoms in total. The smallest absolute Gasteiger partial charge is 0.420 e. The molecule has 0 aliphatic heterocycles. The second-order valence-electron chi connectivity index (χ2n) is 7.03. The second-order valence-corrected chi connectivity index (χ2v) is 7.03.